The lowest BCUT2D eigenvalue weighted by Gasteiger charge is -2.13. The summed E-state index contributed by atoms with van der Waals surface area (Å²) >= 11 is 18.9. The van der Waals surface area contributed by atoms with Crippen molar-refractivity contribution in [1.82, 2.24) is 8.75 Å². The maximum absolute atomic E-state index is 6.84. The summed E-state index contributed by atoms with van der Waals surface area (Å²) in [5.74, 6) is 0.722. The lowest BCUT2D eigenvalue weighted by molar-refractivity contribution is 0.449. The summed E-state index contributed by atoms with van der Waals surface area (Å²) in [4.78, 5) is 2.30. The van der Waals surface area contributed by atoms with Crippen molar-refractivity contribution in [2.45, 2.75) is 46.0 Å². The lowest BCUT2D eigenvalue weighted by Crippen LogP contribution is -2.02. The second-order valence-corrected chi connectivity index (χ2v) is 13.1. The van der Waals surface area contributed by atoms with Gasteiger partial charge in [0.15, 0.2) is 0 Å². The van der Waals surface area contributed by atoms with Gasteiger partial charge in [-0.25, -0.2) is 0 Å². The van der Waals surface area contributed by atoms with Gasteiger partial charge in [-0.2, -0.15) is 8.75 Å². The largest absolute Gasteiger partial charge is 0.172 e. The van der Waals surface area contributed by atoms with Gasteiger partial charge in [0.1, 0.15) is 11.0 Å². The molecule has 1 unspecified atom stereocenters. The SMILES string of the molecule is CCCCC(CC)Cc1cc(-c2c(Cl)cc(-c3ccc(Br)s3)c3nsnc23)sc1Br. The average molecular weight is 605 g/mol. The summed E-state index contributed by atoms with van der Waals surface area (Å²) < 4.78 is 11.5. The molecule has 0 N–H and O–H groups in total. The molecule has 4 rings (SSSR count). The van der Waals surface area contributed by atoms with Gasteiger partial charge in [0.25, 0.3) is 0 Å². The minimum Gasteiger partial charge on any atom is -0.172 e. The molecular formula is C22H21Br2ClN2S3. The highest BCUT2D eigenvalue weighted by molar-refractivity contribution is 9.11. The maximum atomic E-state index is 6.84. The van der Waals surface area contributed by atoms with E-state index in [1.165, 1.54) is 46.8 Å². The van der Waals surface area contributed by atoms with Gasteiger partial charge in [-0.15, -0.1) is 22.7 Å². The number of fused-ring (bicyclic) bond motifs is 1. The molecule has 0 saturated carbocycles. The molecule has 0 amide bonds. The molecule has 0 spiro atoms. The fourth-order valence-corrected chi connectivity index (χ4v) is 7.82. The first-order chi connectivity index (χ1) is 14.5. The molecule has 0 fully saturated rings. The topological polar surface area (TPSA) is 25.8 Å². The first-order valence-corrected chi connectivity index (χ1v) is 14.3. The minimum atomic E-state index is 0.722. The van der Waals surface area contributed by atoms with Gasteiger partial charge in [0, 0.05) is 20.9 Å². The van der Waals surface area contributed by atoms with E-state index in [0.29, 0.717) is 0 Å². The standard InChI is InChI=1S/C22H21Br2ClN2S3/c1-3-5-6-12(4-2)9-13-10-17(29-22(13)24)19-15(25)11-14(16-7-8-18(23)28-16)20-21(19)27-30-26-20/h7-8,10-12H,3-6,9H2,1-2H3. The molecule has 3 aromatic heterocycles. The van der Waals surface area contributed by atoms with Crippen LogP contribution in [0.3, 0.4) is 0 Å². The van der Waals surface area contributed by atoms with E-state index in [4.69, 9.17) is 11.6 Å². The quantitative estimate of drug-likeness (QED) is 0.200. The molecule has 1 aromatic carbocycles. The maximum Gasteiger partial charge on any atom is 0.115 e. The third-order valence-corrected chi connectivity index (χ3v) is 9.85. The zero-order valence-electron chi connectivity index (χ0n) is 16.7. The number of thiophene rings is 2. The summed E-state index contributed by atoms with van der Waals surface area (Å²) in [5.41, 5.74) is 5.24. The van der Waals surface area contributed by atoms with Crippen LogP contribution >= 0.6 is 77.9 Å². The molecule has 158 valence electrons. The monoisotopic (exact) mass is 602 g/mol. The van der Waals surface area contributed by atoms with Crippen LogP contribution < -0.4 is 0 Å². The molecule has 8 heteroatoms. The van der Waals surface area contributed by atoms with Crippen molar-refractivity contribution >= 4 is 88.9 Å². The van der Waals surface area contributed by atoms with Gasteiger partial charge in [-0.1, -0.05) is 51.1 Å². The number of unbranched alkanes of at least 4 members (excludes halogenated alkanes) is 1. The van der Waals surface area contributed by atoms with E-state index in [-0.39, 0.29) is 0 Å². The Bertz CT molecular complexity index is 1160. The molecular weight excluding hydrogens is 584 g/mol. The fourth-order valence-electron chi connectivity index (χ4n) is 3.71. The van der Waals surface area contributed by atoms with Crippen LogP contribution in [-0.2, 0) is 6.42 Å². The summed E-state index contributed by atoms with van der Waals surface area (Å²) in [5, 5.41) is 0.730. The highest BCUT2D eigenvalue weighted by atomic mass is 79.9. The van der Waals surface area contributed by atoms with E-state index in [2.05, 4.69) is 72.7 Å². The molecule has 0 aliphatic heterocycles. The third-order valence-electron chi connectivity index (χ3n) is 5.38. The van der Waals surface area contributed by atoms with Crippen molar-refractivity contribution < 1.29 is 0 Å². The van der Waals surface area contributed by atoms with Crippen LogP contribution in [0.25, 0.3) is 31.9 Å². The van der Waals surface area contributed by atoms with Crippen LogP contribution in [0.1, 0.15) is 45.1 Å². The predicted octanol–water partition coefficient (Wildman–Crippen LogP) is 10.1. The summed E-state index contributed by atoms with van der Waals surface area (Å²) in [6.45, 7) is 4.56. The van der Waals surface area contributed by atoms with E-state index in [0.717, 1.165) is 53.1 Å². The van der Waals surface area contributed by atoms with Crippen molar-refractivity contribution in [2.24, 2.45) is 5.92 Å². The number of hydrogen-bond donors (Lipinski definition) is 0. The van der Waals surface area contributed by atoms with Gasteiger partial charge in [-0.05, 0) is 74.0 Å². The first-order valence-electron chi connectivity index (χ1n) is 10.0. The molecule has 2 nitrogen and oxygen atoms in total. The van der Waals surface area contributed by atoms with Gasteiger partial charge in [-0.3, -0.25) is 0 Å². The summed E-state index contributed by atoms with van der Waals surface area (Å²) in [6.07, 6.45) is 6.15. The molecule has 0 saturated heterocycles. The fraction of sp³-hybridized carbons (Fsp3) is 0.364. The molecule has 0 radical (unpaired) electrons. The normalized spacial score (nSPS) is 12.7. The summed E-state index contributed by atoms with van der Waals surface area (Å²) in [7, 11) is 0. The van der Waals surface area contributed by atoms with E-state index < -0.39 is 0 Å². The Morgan fingerprint density at radius 1 is 1.03 bits per heavy atom. The molecule has 0 aliphatic carbocycles. The van der Waals surface area contributed by atoms with Gasteiger partial charge in [0.2, 0.25) is 0 Å². The molecule has 1 atom stereocenters. The van der Waals surface area contributed by atoms with Gasteiger partial charge < -0.3 is 0 Å². The highest BCUT2D eigenvalue weighted by Gasteiger charge is 2.21. The smallest absolute Gasteiger partial charge is 0.115 e. The highest BCUT2D eigenvalue weighted by Crippen LogP contribution is 2.46. The number of benzene rings is 1. The second kappa shape index (κ2) is 10.1. The Morgan fingerprint density at radius 2 is 1.83 bits per heavy atom. The van der Waals surface area contributed by atoms with Crippen molar-refractivity contribution in [1.29, 1.82) is 0 Å². The minimum absolute atomic E-state index is 0.722. The third kappa shape index (κ3) is 4.71. The van der Waals surface area contributed by atoms with Crippen molar-refractivity contribution in [3.8, 4) is 20.9 Å². The van der Waals surface area contributed by atoms with E-state index in [9.17, 15) is 0 Å². The number of halogens is 3. The molecule has 3 heterocycles. The van der Waals surface area contributed by atoms with Crippen molar-refractivity contribution in [3.63, 3.8) is 0 Å². The Hall–Kier alpha value is -0.310. The van der Waals surface area contributed by atoms with Crippen LogP contribution in [0.15, 0.2) is 31.8 Å². The Balaban J connectivity index is 1.74. The summed E-state index contributed by atoms with van der Waals surface area (Å²) in [6, 6.07) is 8.49. The Kier molecular flexibility index (Phi) is 7.69. The number of aromatic nitrogens is 2. The lowest BCUT2D eigenvalue weighted by atomic mass is 9.93. The Morgan fingerprint density at radius 3 is 2.53 bits per heavy atom. The van der Waals surface area contributed by atoms with Crippen LogP contribution in [0, 0.1) is 5.92 Å². The van der Waals surface area contributed by atoms with E-state index in [1.807, 2.05) is 6.07 Å². The molecule has 30 heavy (non-hydrogen) atoms. The van der Waals surface area contributed by atoms with E-state index >= 15 is 0 Å². The van der Waals surface area contributed by atoms with Crippen molar-refractivity contribution in [2.75, 3.05) is 0 Å². The Labute approximate surface area is 211 Å². The molecule has 4 aromatic rings. The number of rotatable bonds is 8. The second-order valence-electron chi connectivity index (χ2n) is 7.38. The van der Waals surface area contributed by atoms with Crippen LogP contribution in [0.2, 0.25) is 5.02 Å². The van der Waals surface area contributed by atoms with Gasteiger partial charge in [0.05, 0.1) is 24.3 Å². The van der Waals surface area contributed by atoms with E-state index in [1.54, 1.807) is 22.7 Å². The van der Waals surface area contributed by atoms with Crippen molar-refractivity contribution in [3.05, 3.63) is 42.4 Å². The van der Waals surface area contributed by atoms with Crippen LogP contribution in [-0.4, -0.2) is 8.75 Å². The molecule has 0 bridgehead atoms. The van der Waals surface area contributed by atoms with Crippen LogP contribution in [0.4, 0.5) is 0 Å². The average Bonchev–Trinajstić information content (AvgIpc) is 3.45. The zero-order valence-corrected chi connectivity index (χ0v) is 23.1. The van der Waals surface area contributed by atoms with Gasteiger partial charge >= 0.3 is 0 Å². The number of nitrogens with zero attached hydrogens (tertiary/aromatic N) is 2. The van der Waals surface area contributed by atoms with Crippen LogP contribution in [0.5, 0.6) is 0 Å². The predicted molar refractivity (Wildman–Crippen MR) is 141 cm³/mol. The number of hydrogen-bond acceptors (Lipinski definition) is 5. The zero-order chi connectivity index (χ0) is 21.3. The first kappa shape index (κ1) is 22.9. The molecule has 0 aliphatic rings.